The van der Waals surface area contributed by atoms with Crippen LogP contribution in [0.4, 0.5) is 10.1 Å². The van der Waals surface area contributed by atoms with Crippen LogP contribution in [-0.2, 0) is 11.3 Å². The van der Waals surface area contributed by atoms with Crippen molar-refractivity contribution in [3.63, 3.8) is 0 Å². The molecule has 0 spiro atoms. The molecule has 0 aliphatic rings. The molecule has 0 unspecified atom stereocenters. The quantitative estimate of drug-likeness (QED) is 0.907. The molecule has 2 amide bonds. The predicted molar refractivity (Wildman–Crippen MR) is 83.3 cm³/mol. The Morgan fingerprint density at radius 3 is 2.41 bits per heavy atom. The van der Waals surface area contributed by atoms with Crippen LogP contribution in [0.3, 0.4) is 0 Å². The van der Waals surface area contributed by atoms with E-state index >= 15 is 0 Å². The van der Waals surface area contributed by atoms with Crippen molar-refractivity contribution in [1.82, 2.24) is 5.32 Å². The molecule has 0 heterocycles. The molecule has 0 aromatic heterocycles. The Kier molecular flexibility index (Phi) is 5.12. The smallest absolute Gasteiger partial charge is 0.255 e. The molecule has 0 saturated carbocycles. The van der Waals surface area contributed by atoms with Crippen molar-refractivity contribution < 1.29 is 14.0 Å². The SMILES string of the molecule is CC(=O)NCc1ccc(C(=O)Nc2ccc(Cl)cc2F)cc1. The van der Waals surface area contributed by atoms with Crippen LogP contribution in [0.5, 0.6) is 0 Å². The summed E-state index contributed by atoms with van der Waals surface area (Å²) in [6.45, 7) is 1.82. The molecule has 0 radical (unpaired) electrons. The second-order valence-corrected chi connectivity index (χ2v) is 5.12. The van der Waals surface area contributed by atoms with Crippen molar-refractivity contribution in [2.75, 3.05) is 5.32 Å². The van der Waals surface area contributed by atoms with Gasteiger partial charge in [0.1, 0.15) is 5.82 Å². The number of hydrogen-bond acceptors (Lipinski definition) is 2. The van der Waals surface area contributed by atoms with E-state index in [2.05, 4.69) is 10.6 Å². The van der Waals surface area contributed by atoms with Gasteiger partial charge in [0.25, 0.3) is 5.91 Å². The Bertz CT molecular complexity index is 702. The molecule has 2 aromatic rings. The fourth-order valence-electron chi connectivity index (χ4n) is 1.79. The summed E-state index contributed by atoms with van der Waals surface area (Å²) in [5.74, 6) is -1.14. The number of halogens is 2. The zero-order valence-corrected chi connectivity index (χ0v) is 12.6. The topological polar surface area (TPSA) is 58.2 Å². The summed E-state index contributed by atoms with van der Waals surface area (Å²) < 4.78 is 13.6. The first-order valence-corrected chi connectivity index (χ1v) is 6.93. The third-order valence-corrected chi connectivity index (χ3v) is 3.17. The van der Waals surface area contributed by atoms with Gasteiger partial charge >= 0.3 is 0 Å². The van der Waals surface area contributed by atoms with E-state index in [1.807, 2.05) is 0 Å². The molecule has 0 aliphatic carbocycles. The first-order valence-electron chi connectivity index (χ1n) is 6.55. The predicted octanol–water partition coefficient (Wildman–Crippen LogP) is 3.37. The molecule has 22 heavy (non-hydrogen) atoms. The molecule has 0 saturated heterocycles. The molecule has 0 aliphatic heterocycles. The molecular weight excluding hydrogens is 307 g/mol. The van der Waals surface area contributed by atoms with Crippen molar-refractivity contribution in [2.24, 2.45) is 0 Å². The van der Waals surface area contributed by atoms with Crippen molar-refractivity contribution in [3.05, 3.63) is 64.4 Å². The largest absolute Gasteiger partial charge is 0.352 e. The fourth-order valence-corrected chi connectivity index (χ4v) is 1.94. The van der Waals surface area contributed by atoms with Gasteiger partial charge in [0.05, 0.1) is 5.69 Å². The standard InChI is InChI=1S/C16H14ClFN2O2/c1-10(21)19-9-11-2-4-12(5-3-11)16(22)20-15-7-6-13(17)8-14(15)18/h2-8H,9H2,1H3,(H,19,21)(H,20,22). The number of carbonyl (C=O) groups is 2. The summed E-state index contributed by atoms with van der Waals surface area (Å²) in [6, 6.07) is 10.7. The summed E-state index contributed by atoms with van der Waals surface area (Å²) in [5.41, 5.74) is 1.32. The van der Waals surface area contributed by atoms with Crippen LogP contribution in [0.15, 0.2) is 42.5 Å². The van der Waals surface area contributed by atoms with E-state index in [0.717, 1.165) is 11.6 Å². The van der Waals surface area contributed by atoms with Gasteiger partial charge in [-0.2, -0.15) is 0 Å². The van der Waals surface area contributed by atoms with Gasteiger partial charge in [-0.15, -0.1) is 0 Å². The second-order valence-electron chi connectivity index (χ2n) is 4.68. The maximum atomic E-state index is 13.6. The molecule has 2 N–H and O–H groups in total. The van der Waals surface area contributed by atoms with Crippen LogP contribution in [0.25, 0.3) is 0 Å². The lowest BCUT2D eigenvalue weighted by molar-refractivity contribution is -0.119. The van der Waals surface area contributed by atoms with Crippen molar-refractivity contribution >= 4 is 29.1 Å². The van der Waals surface area contributed by atoms with Gasteiger partial charge in [0, 0.05) is 24.1 Å². The second kappa shape index (κ2) is 7.04. The Balaban J connectivity index is 2.04. The Morgan fingerprint density at radius 2 is 1.82 bits per heavy atom. The van der Waals surface area contributed by atoms with Crippen molar-refractivity contribution in [3.8, 4) is 0 Å². The number of carbonyl (C=O) groups excluding carboxylic acids is 2. The van der Waals surface area contributed by atoms with Crippen LogP contribution < -0.4 is 10.6 Å². The highest BCUT2D eigenvalue weighted by Crippen LogP contribution is 2.19. The minimum Gasteiger partial charge on any atom is -0.352 e. The summed E-state index contributed by atoms with van der Waals surface area (Å²) in [7, 11) is 0. The number of anilines is 1. The summed E-state index contributed by atoms with van der Waals surface area (Å²) in [5, 5.41) is 5.40. The molecule has 114 valence electrons. The molecular formula is C16H14ClFN2O2. The summed E-state index contributed by atoms with van der Waals surface area (Å²) >= 11 is 5.66. The minimum atomic E-state index is -0.594. The number of nitrogens with one attached hydrogen (secondary N) is 2. The van der Waals surface area contributed by atoms with E-state index < -0.39 is 11.7 Å². The monoisotopic (exact) mass is 320 g/mol. The zero-order chi connectivity index (χ0) is 16.1. The zero-order valence-electron chi connectivity index (χ0n) is 11.8. The molecule has 0 atom stereocenters. The third-order valence-electron chi connectivity index (χ3n) is 2.94. The maximum Gasteiger partial charge on any atom is 0.255 e. The van der Waals surface area contributed by atoms with Crippen LogP contribution in [0.1, 0.15) is 22.8 Å². The summed E-state index contributed by atoms with van der Waals surface area (Å²) in [6.07, 6.45) is 0. The normalized spacial score (nSPS) is 10.1. The van der Waals surface area contributed by atoms with Crippen LogP contribution >= 0.6 is 11.6 Å². The molecule has 2 aromatic carbocycles. The van der Waals surface area contributed by atoms with Crippen molar-refractivity contribution in [2.45, 2.75) is 13.5 Å². The first kappa shape index (κ1) is 16.0. The van der Waals surface area contributed by atoms with Crippen molar-refractivity contribution in [1.29, 1.82) is 0 Å². The highest BCUT2D eigenvalue weighted by molar-refractivity contribution is 6.30. The Labute approximate surface area is 132 Å². The van der Waals surface area contributed by atoms with E-state index in [-0.39, 0.29) is 16.6 Å². The molecule has 0 bridgehead atoms. The van der Waals surface area contributed by atoms with E-state index in [4.69, 9.17) is 11.6 Å². The Morgan fingerprint density at radius 1 is 1.14 bits per heavy atom. The maximum absolute atomic E-state index is 13.6. The van der Waals surface area contributed by atoms with E-state index in [9.17, 15) is 14.0 Å². The lowest BCUT2D eigenvalue weighted by Crippen LogP contribution is -2.19. The average molecular weight is 321 g/mol. The first-order chi connectivity index (χ1) is 10.5. The molecule has 2 rings (SSSR count). The summed E-state index contributed by atoms with van der Waals surface area (Å²) in [4.78, 5) is 22.9. The van der Waals surface area contributed by atoms with Gasteiger partial charge < -0.3 is 10.6 Å². The van der Waals surface area contributed by atoms with E-state index in [0.29, 0.717) is 12.1 Å². The van der Waals surface area contributed by atoms with Gasteiger partial charge in [0.15, 0.2) is 0 Å². The molecule has 6 heteroatoms. The fraction of sp³-hybridized carbons (Fsp3) is 0.125. The van der Waals surface area contributed by atoms with Crippen LogP contribution in [0, 0.1) is 5.82 Å². The van der Waals surface area contributed by atoms with E-state index in [1.165, 1.54) is 19.1 Å². The Hall–Kier alpha value is -2.40. The lowest BCUT2D eigenvalue weighted by Gasteiger charge is -2.08. The number of rotatable bonds is 4. The van der Waals surface area contributed by atoms with Gasteiger partial charge in [-0.05, 0) is 35.9 Å². The molecule has 0 fully saturated rings. The third kappa shape index (κ3) is 4.30. The number of hydrogen-bond donors (Lipinski definition) is 2. The number of benzene rings is 2. The highest BCUT2D eigenvalue weighted by atomic mass is 35.5. The van der Waals surface area contributed by atoms with Crippen LogP contribution in [0.2, 0.25) is 5.02 Å². The van der Waals surface area contributed by atoms with Gasteiger partial charge in [-0.3, -0.25) is 9.59 Å². The minimum absolute atomic E-state index is 0.0664. The van der Waals surface area contributed by atoms with Crippen LogP contribution in [-0.4, -0.2) is 11.8 Å². The van der Waals surface area contributed by atoms with Gasteiger partial charge in [-0.1, -0.05) is 23.7 Å². The highest BCUT2D eigenvalue weighted by Gasteiger charge is 2.09. The average Bonchev–Trinajstić information content (AvgIpc) is 2.48. The van der Waals surface area contributed by atoms with E-state index in [1.54, 1.807) is 24.3 Å². The number of amides is 2. The molecule has 4 nitrogen and oxygen atoms in total. The van der Waals surface area contributed by atoms with Gasteiger partial charge in [0.2, 0.25) is 5.91 Å². The lowest BCUT2D eigenvalue weighted by atomic mass is 10.1. The van der Waals surface area contributed by atoms with Gasteiger partial charge in [-0.25, -0.2) is 4.39 Å².